The van der Waals surface area contributed by atoms with Crippen molar-refractivity contribution in [3.63, 3.8) is 0 Å². The van der Waals surface area contributed by atoms with Gasteiger partial charge in [0.1, 0.15) is 23.0 Å². The van der Waals surface area contributed by atoms with Crippen molar-refractivity contribution in [2.45, 2.75) is 142 Å². The fourth-order valence-corrected chi connectivity index (χ4v) is 7.27. The normalized spacial score (nSPS) is 12.5. The summed E-state index contributed by atoms with van der Waals surface area (Å²) in [5.41, 5.74) is 3.63. The van der Waals surface area contributed by atoms with Crippen LogP contribution >= 0.6 is 0 Å². The zero-order valence-electron chi connectivity index (χ0n) is 38.2. The Labute approximate surface area is 357 Å². The van der Waals surface area contributed by atoms with E-state index in [0.29, 0.717) is 0 Å². The lowest BCUT2D eigenvalue weighted by atomic mass is 9.70. The van der Waals surface area contributed by atoms with Crippen molar-refractivity contribution in [1.82, 2.24) is 0 Å². The molecule has 0 atom stereocenters. The van der Waals surface area contributed by atoms with Crippen LogP contribution in [0.2, 0.25) is 0 Å². The molecule has 0 saturated heterocycles. The van der Waals surface area contributed by atoms with Crippen molar-refractivity contribution < 1.29 is 50.4 Å². The maximum Gasteiger partial charge on any atom is 0.304 e. The Morgan fingerprint density at radius 1 is 0.383 bits per heavy atom. The SMILES string of the molecule is CC(C)(C)c1cc(C(C)(CC(=O)O)c2ccc(O)c(C(C)(C)C)c2)ccc1O.CC(C)(C)c1cc(C(C)(CC(=O)O)c2ccc(O)c(C(C)(C)C)c2)ccc1O.OCCO. The van der Waals surface area contributed by atoms with E-state index in [4.69, 9.17) is 10.2 Å². The van der Waals surface area contributed by atoms with E-state index < -0.39 is 22.8 Å². The zero-order chi connectivity index (χ0) is 46.4. The molecule has 0 bridgehead atoms. The maximum atomic E-state index is 11.8. The first kappa shape index (κ1) is 51.1. The van der Waals surface area contributed by atoms with Crippen LogP contribution < -0.4 is 0 Å². The lowest BCUT2D eigenvalue weighted by Crippen LogP contribution is -2.28. The monoisotopic (exact) mass is 830 g/mol. The van der Waals surface area contributed by atoms with E-state index in [-0.39, 0.29) is 70.7 Å². The molecule has 0 aliphatic heterocycles. The van der Waals surface area contributed by atoms with Gasteiger partial charge >= 0.3 is 11.9 Å². The number of hydrogen-bond donors (Lipinski definition) is 8. The smallest absolute Gasteiger partial charge is 0.304 e. The van der Waals surface area contributed by atoms with Crippen molar-refractivity contribution in [3.05, 3.63) is 117 Å². The summed E-state index contributed by atoms with van der Waals surface area (Å²) in [4.78, 5) is 23.5. The number of phenols is 4. The molecule has 8 N–H and O–H groups in total. The van der Waals surface area contributed by atoms with Gasteiger partial charge in [0.15, 0.2) is 0 Å². The summed E-state index contributed by atoms with van der Waals surface area (Å²) in [7, 11) is 0. The Kier molecular flexibility index (Phi) is 16.3. The lowest BCUT2D eigenvalue weighted by Gasteiger charge is -2.33. The first-order valence-electron chi connectivity index (χ1n) is 20.2. The number of hydrogen-bond acceptors (Lipinski definition) is 8. The fourth-order valence-electron chi connectivity index (χ4n) is 7.27. The van der Waals surface area contributed by atoms with Crippen molar-refractivity contribution in [2.24, 2.45) is 0 Å². The molecule has 0 radical (unpaired) electrons. The Morgan fingerprint density at radius 3 is 0.700 bits per heavy atom. The van der Waals surface area contributed by atoms with E-state index in [2.05, 4.69) is 0 Å². The van der Waals surface area contributed by atoms with E-state index in [9.17, 15) is 40.2 Å². The number of aliphatic hydroxyl groups excluding tert-OH is 2. The van der Waals surface area contributed by atoms with Gasteiger partial charge < -0.3 is 40.9 Å². The van der Waals surface area contributed by atoms with Gasteiger partial charge in [0.05, 0.1) is 26.1 Å². The van der Waals surface area contributed by atoms with Gasteiger partial charge in [-0.25, -0.2) is 0 Å². The van der Waals surface area contributed by atoms with Crippen LogP contribution in [-0.4, -0.2) is 66.0 Å². The summed E-state index contributed by atoms with van der Waals surface area (Å²) in [6.45, 7) is 27.7. The molecule has 0 fully saturated rings. The number of phenolic OH excluding ortho intramolecular Hbond substituents is 4. The number of rotatable bonds is 9. The van der Waals surface area contributed by atoms with Crippen molar-refractivity contribution in [3.8, 4) is 23.0 Å². The Hall–Kier alpha value is -5.06. The van der Waals surface area contributed by atoms with Crippen LogP contribution in [0.15, 0.2) is 72.8 Å². The molecular formula is C50H70O10. The predicted molar refractivity (Wildman–Crippen MR) is 239 cm³/mol. The molecule has 0 saturated carbocycles. The third kappa shape index (κ3) is 12.7. The van der Waals surface area contributed by atoms with Crippen molar-refractivity contribution >= 4 is 11.9 Å². The molecule has 0 aliphatic rings. The van der Waals surface area contributed by atoms with Gasteiger partial charge in [-0.05, 0) is 90.4 Å². The van der Waals surface area contributed by atoms with Gasteiger partial charge in [0, 0.05) is 10.8 Å². The van der Waals surface area contributed by atoms with Crippen LogP contribution in [0.4, 0.5) is 0 Å². The largest absolute Gasteiger partial charge is 0.508 e. The van der Waals surface area contributed by atoms with Crippen LogP contribution in [-0.2, 0) is 42.1 Å². The first-order valence-corrected chi connectivity index (χ1v) is 20.2. The highest BCUT2D eigenvalue weighted by Crippen LogP contribution is 2.44. The third-order valence-electron chi connectivity index (χ3n) is 10.9. The van der Waals surface area contributed by atoms with Gasteiger partial charge in [-0.15, -0.1) is 0 Å². The summed E-state index contributed by atoms with van der Waals surface area (Å²) in [5.74, 6) is -0.994. The molecule has 4 rings (SSSR count). The lowest BCUT2D eigenvalue weighted by molar-refractivity contribution is -0.139. The van der Waals surface area contributed by atoms with Crippen LogP contribution in [0, 0.1) is 0 Å². The van der Waals surface area contributed by atoms with Crippen LogP contribution in [0.1, 0.15) is 154 Å². The van der Waals surface area contributed by atoms with E-state index in [0.717, 1.165) is 44.5 Å². The molecule has 0 unspecified atom stereocenters. The second-order valence-corrected chi connectivity index (χ2v) is 20.2. The number of aromatic hydroxyl groups is 4. The Morgan fingerprint density at radius 2 is 0.567 bits per heavy atom. The molecule has 0 aromatic heterocycles. The van der Waals surface area contributed by atoms with Crippen LogP contribution in [0.25, 0.3) is 0 Å². The molecule has 0 aliphatic carbocycles. The summed E-state index contributed by atoms with van der Waals surface area (Å²) in [5, 5.41) is 75.8. The highest BCUT2D eigenvalue weighted by molar-refractivity contribution is 5.72. The molecule has 60 heavy (non-hydrogen) atoms. The number of benzene rings is 4. The summed E-state index contributed by atoms with van der Waals surface area (Å²) in [6, 6.07) is 21.3. The van der Waals surface area contributed by atoms with E-state index in [1.54, 1.807) is 48.5 Å². The molecule has 0 heterocycles. The van der Waals surface area contributed by atoms with E-state index in [1.165, 1.54) is 0 Å². The van der Waals surface area contributed by atoms with Gasteiger partial charge in [-0.2, -0.15) is 0 Å². The average molecular weight is 831 g/mol. The van der Waals surface area contributed by atoms with Gasteiger partial charge in [0.25, 0.3) is 0 Å². The molecule has 10 heteroatoms. The summed E-state index contributed by atoms with van der Waals surface area (Å²) >= 11 is 0. The predicted octanol–water partition coefficient (Wildman–Crippen LogP) is 9.92. The van der Waals surface area contributed by atoms with Crippen molar-refractivity contribution in [2.75, 3.05) is 13.2 Å². The molecule has 0 amide bonds. The molecule has 330 valence electrons. The second kappa shape index (κ2) is 19.1. The number of carboxylic acids is 2. The first-order chi connectivity index (χ1) is 27.2. The highest BCUT2D eigenvalue weighted by atomic mass is 16.4. The highest BCUT2D eigenvalue weighted by Gasteiger charge is 2.36. The number of aliphatic hydroxyl groups is 2. The van der Waals surface area contributed by atoms with Crippen LogP contribution in [0.3, 0.4) is 0 Å². The quantitative estimate of drug-likeness (QED) is 0.0804. The number of carbonyl (C=O) groups is 2. The van der Waals surface area contributed by atoms with Gasteiger partial charge in [0.2, 0.25) is 0 Å². The van der Waals surface area contributed by atoms with Crippen LogP contribution in [0.5, 0.6) is 23.0 Å². The maximum absolute atomic E-state index is 11.8. The summed E-state index contributed by atoms with van der Waals surface area (Å²) in [6.07, 6.45) is -0.203. The molecule has 0 spiro atoms. The fraction of sp³-hybridized carbons (Fsp3) is 0.480. The van der Waals surface area contributed by atoms with Gasteiger partial charge in [-0.1, -0.05) is 145 Å². The second-order valence-electron chi connectivity index (χ2n) is 20.2. The number of carboxylic acid groups (broad SMARTS) is 2. The molecule has 10 nitrogen and oxygen atoms in total. The van der Waals surface area contributed by atoms with Crippen molar-refractivity contribution in [1.29, 1.82) is 0 Å². The number of aliphatic carboxylic acids is 2. The average Bonchev–Trinajstić information content (AvgIpc) is 3.10. The standard InChI is InChI=1S/2C24H32O4.C2H6O2/c2*1-22(2,3)17-12-15(8-10-19(17)25)24(7,14-21(27)28)16-9-11-20(26)18(13-16)23(4,5)6;3-1-2-4/h2*8-13,25-26H,14H2,1-7H3,(H,27,28);3-4H,1-2H2. The molecule has 4 aromatic carbocycles. The topological polar surface area (TPSA) is 196 Å². The third-order valence-corrected chi connectivity index (χ3v) is 10.9. The van der Waals surface area contributed by atoms with E-state index in [1.807, 2.05) is 121 Å². The van der Waals surface area contributed by atoms with E-state index >= 15 is 0 Å². The minimum absolute atomic E-state index is 0.101. The Balaban J connectivity index is 0.000000379. The Bertz CT molecular complexity index is 1830. The molecule has 4 aromatic rings. The minimum atomic E-state index is -0.904. The summed E-state index contributed by atoms with van der Waals surface area (Å²) < 4.78 is 0. The minimum Gasteiger partial charge on any atom is -0.508 e. The zero-order valence-corrected chi connectivity index (χ0v) is 38.2. The molecular weight excluding hydrogens is 761 g/mol. The van der Waals surface area contributed by atoms with Gasteiger partial charge in [-0.3, -0.25) is 9.59 Å².